The van der Waals surface area contributed by atoms with E-state index < -0.39 is 12.1 Å². The summed E-state index contributed by atoms with van der Waals surface area (Å²) in [4.78, 5) is 23.1. The number of benzene rings is 1. The van der Waals surface area contributed by atoms with Crippen LogP contribution in [0.3, 0.4) is 0 Å². The quantitative estimate of drug-likeness (QED) is 0.824. The topological polar surface area (TPSA) is 84.1 Å². The number of aromatic amines is 1. The van der Waals surface area contributed by atoms with Gasteiger partial charge in [0.25, 0.3) is 5.91 Å². The zero-order valence-electron chi connectivity index (χ0n) is 11.2. The number of hydrogen-bond acceptors (Lipinski definition) is 4. The van der Waals surface area contributed by atoms with Crippen molar-refractivity contribution >= 4 is 11.9 Å². The predicted octanol–water partition coefficient (Wildman–Crippen LogP) is 1.37. The molecule has 2 aromatic rings. The Morgan fingerprint density at radius 3 is 2.65 bits per heavy atom. The Morgan fingerprint density at radius 2 is 2.00 bits per heavy atom. The van der Waals surface area contributed by atoms with E-state index in [0.717, 1.165) is 5.56 Å². The molecule has 0 aliphatic rings. The number of carbonyl (C=O) groups is 2. The van der Waals surface area contributed by atoms with E-state index in [1.165, 1.54) is 14.0 Å². The Balaban J connectivity index is 2.09. The predicted molar refractivity (Wildman–Crippen MR) is 73.0 cm³/mol. The van der Waals surface area contributed by atoms with Gasteiger partial charge in [-0.3, -0.25) is 9.89 Å². The zero-order valence-corrected chi connectivity index (χ0v) is 11.2. The third-order valence-electron chi connectivity index (χ3n) is 2.77. The van der Waals surface area contributed by atoms with Crippen LogP contribution in [-0.2, 0) is 9.53 Å². The summed E-state index contributed by atoms with van der Waals surface area (Å²) in [6.45, 7) is 1.50. The van der Waals surface area contributed by atoms with Gasteiger partial charge in [-0.2, -0.15) is 5.10 Å². The first-order chi connectivity index (χ1) is 9.61. The van der Waals surface area contributed by atoms with Crippen molar-refractivity contribution in [3.05, 3.63) is 42.1 Å². The highest BCUT2D eigenvalue weighted by atomic mass is 16.5. The first kappa shape index (κ1) is 13.8. The van der Waals surface area contributed by atoms with E-state index in [0.29, 0.717) is 5.69 Å². The molecule has 1 heterocycles. The molecule has 2 N–H and O–H groups in total. The second-order valence-electron chi connectivity index (χ2n) is 4.19. The molecule has 1 amide bonds. The Hall–Kier alpha value is -2.63. The lowest BCUT2D eigenvalue weighted by molar-refractivity contribution is -0.128. The third-order valence-corrected chi connectivity index (χ3v) is 2.77. The van der Waals surface area contributed by atoms with Crippen molar-refractivity contribution in [2.24, 2.45) is 0 Å². The highest BCUT2D eigenvalue weighted by Gasteiger charge is 2.19. The molecule has 2 rings (SSSR count). The minimum absolute atomic E-state index is 0.139. The fraction of sp³-hybridized carbons (Fsp3) is 0.214. The fourth-order valence-electron chi connectivity index (χ4n) is 1.67. The Morgan fingerprint density at radius 1 is 1.30 bits per heavy atom. The van der Waals surface area contributed by atoms with Crippen molar-refractivity contribution in [1.29, 1.82) is 0 Å². The minimum Gasteiger partial charge on any atom is -0.448 e. The second-order valence-corrected chi connectivity index (χ2v) is 4.19. The Labute approximate surface area is 116 Å². The molecular weight excluding hydrogens is 258 g/mol. The van der Waals surface area contributed by atoms with Gasteiger partial charge < -0.3 is 10.1 Å². The van der Waals surface area contributed by atoms with Crippen LogP contribution >= 0.6 is 0 Å². The van der Waals surface area contributed by atoms with Crippen molar-refractivity contribution in [3.8, 4) is 11.3 Å². The molecule has 0 aliphatic carbocycles. The minimum atomic E-state index is -0.857. The average molecular weight is 273 g/mol. The van der Waals surface area contributed by atoms with Gasteiger partial charge in [-0.05, 0) is 18.6 Å². The number of aromatic nitrogens is 2. The van der Waals surface area contributed by atoms with Crippen LogP contribution in [0.15, 0.2) is 36.4 Å². The summed E-state index contributed by atoms with van der Waals surface area (Å²) in [5.41, 5.74) is 1.77. The number of esters is 1. The molecule has 0 fully saturated rings. The van der Waals surface area contributed by atoms with Gasteiger partial charge in [0.05, 0.1) is 5.69 Å². The molecule has 0 spiro atoms. The van der Waals surface area contributed by atoms with Crippen LogP contribution in [0.2, 0.25) is 0 Å². The summed E-state index contributed by atoms with van der Waals surface area (Å²) in [5, 5.41) is 9.08. The molecular formula is C14H15N3O3. The van der Waals surface area contributed by atoms with Gasteiger partial charge in [-0.15, -0.1) is 0 Å². The molecule has 0 aliphatic heterocycles. The van der Waals surface area contributed by atoms with E-state index in [1.807, 2.05) is 30.3 Å². The number of amides is 1. The Bertz CT molecular complexity index is 607. The number of carbonyl (C=O) groups excluding carboxylic acids is 2. The van der Waals surface area contributed by atoms with E-state index in [2.05, 4.69) is 15.5 Å². The highest BCUT2D eigenvalue weighted by Crippen LogP contribution is 2.17. The Kier molecular flexibility index (Phi) is 4.14. The van der Waals surface area contributed by atoms with E-state index in [1.54, 1.807) is 6.07 Å². The summed E-state index contributed by atoms with van der Waals surface area (Å²) in [7, 11) is 1.48. The lowest BCUT2D eigenvalue weighted by Gasteiger charge is -2.09. The summed E-state index contributed by atoms with van der Waals surface area (Å²) >= 11 is 0. The van der Waals surface area contributed by atoms with Crippen LogP contribution in [-0.4, -0.2) is 35.2 Å². The first-order valence-corrected chi connectivity index (χ1v) is 6.15. The number of ether oxygens (including phenoxy) is 1. The number of likely N-dealkylation sites (N-methyl/N-ethyl adjacent to an activating group) is 1. The van der Waals surface area contributed by atoms with Gasteiger partial charge in [-0.1, -0.05) is 30.3 Å². The van der Waals surface area contributed by atoms with Gasteiger partial charge in [0.2, 0.25) is 0 Å². The van der Waals surface area contributed by atoms with Gasteiger partial charge in [0, 0.05) is 7.05 Å². The molecule has 6 nitrogen and oxygen atoms in total. The van der Waals surface area contributed by atoms with Crippen molar-refractivity contribution in [2.75, 3.05) is 7.05 Å². The fourth-order valence-corrected chi connectivity index (χ4v) is 1.67. The number of rotatable bonds is 4. The van der Waals surface area contributed by atoms with E-state index >= 15 is 0 Å². The van der Waals surface area contributed by atoms with Gasteiger partial charge in [0.15, 0.2) is 11.8 Å². The van der Waals surface area contributed by atoms with Crippen LogP contribution in [0, 0.1) is 0 Å². The van der Waals surface area contributed by atoms with Crippen LogP contribution in [0.4, 0.5) is 0 Å². The van der Waals surface area contributed by atoms with Crippen LogP contribution in [0.1, 0.15) is 17.4 Å². The van der Waals surface area contributed by atoms with E-state index in [-0.39, 0.29) is 11.6 Å². The van der Waals surface area contributed by atoms with Crippen molar-refractivity contribution in [3.63, 3.8) is 0 Å². The molecule has 0 saturated heterocycles. The lowest BCUT2D eigenvalue weighted by atomic mass is 10.1. The first-order valence-electron chi connectivity index (χ1n) is 6.15. The third kappa shape index (κ3) is 3.03. The van der Waals surface area contributed by atoms with Gasteiger partial charge in [-0.25, -0.2) is 4.79 Å². The summed E-state index contributed by atoms with van der Waals surface area (Å²) < 4.78 is 5.00. The molecule has 0 saturated carbocycles. The maximum absolute atomic E-state index is 11.8. The molecule has 1 unspecified atom stereocenters. The zero-order chi connectivity index (χ0) is 14.5. The standard InChI is InChI=1S/C14H15N3O3/c1-9(13(18)15-2)20-14(19)12-8-11(16-17-12)10-6-4-3-5-7-10/h3-9H,1-2H3,(H,15,18)(H,16,17). The SMILES string of the molecule is CNC(=O)C(C)OC(=O)c1cc(-c2ccccc2)[nH]n1. The maximum Gasteiger partial charge on any atom is 0.359 e. The molecule has 1 atom stereocenters. The maximum atomic E-state index is 11.8. The number of nitrogens with zero attached hydrogens (tertiary/aromatic N) is 1. The van der Waals surface area contributed by atoms with Gasteiger partial charge >= 0.3 is 5.97 Å². The van der Waals surface area contributed by atoms with Crippen molar-refractivity contribution in [2.45, 2.75) is 13.0 Å². The smallest absolute Gasteiger partial charge is 0.359 e. The molecule has 1 aromatic heterocycles. The number of hydrogen-bond donors (Lipinski definition) is 2. The van der Waals surface area contributed by atoms with E-state index in [4.69, 9.17) is 4.74 Å². The monoisotopic (exact) mass is 273 g/mol. The molecule has 0 bridgehead atoms. The average Bonchev–Trinajstić information content (AvgIpc) is 2.97. The van der Waals surface area contributed by atoms with Crippen LogP contribution in [0.25, 0.3) is 11.3 Å². The van der Waals surface area contributed by atoms with Crippen molar-refractivity contribution in [1.82, 2.24) is 15.5 Å². The molecule has 1 aromatic carbocycles. The molecule has 20 heavy (non-hydrogen) atoms. The highest BCUT2D eigenvalue weighted by molar-refractivity contribution is 5.91. The number of nitrogens with one attached hydrogen (secondary N) is 2. The summed E-state index contributed by atoms with van der Waals surface area (Å²) in [6, 6.07) is 11.1. The largest absolute Gasteiger partial charge is 0.448 e. The van der Waals surface area contributed by atoms with Crippen LogP contribution in [0.5, 0.6) is 0 Å². The normalized spacial score (nSPS) is 11.7. The molecule has 6 heteroatoms. The molecule has 0 radical (unpaired) electrons. The lowest BCUT2D eigenvalue weighted by Crippen LogP contribution is -2.33. The number of H-pyrrole nitrogens is 1. The molecule has 104 valence electrons. The summed E-state index contributed by atoms with van der Waals surface area (Å²) in [6.07, 6.45) is -0.857. The van der Waals surface area contributed by atoms with Gasteiger partial charge in [0.1, 0.15) is 0 Å². The van der Waals surface area contributed by atoms with Crippen molar-refractivity contribution < 1.29 is 14.3 Å². The van der Waals surface area contributed by atoms with Crippen LogP contribution < -0.4 is 5.32 Å². The summed E-state index contributed by atoms with van der Waals surface area (Å²) in [5.74, 6) is -1.00. The van der Waals surface area contributed by atoms with E-state index in [9.17, 15) is 9.59 Å². The second kappa shape index (κ2) is 6.01.